The number of anilines is 1. The van der Waals surface area contributed by atoms with Crippen LogP contribution in [0.5, 0.6) is 0 Å². The van der Waals surface area contributed by atoms with E-state index in [9.17, 15) is 9.59 Å². The molecule has 0 aliphatic heterocycles. The van der Waals surface area contributed by atoms with Crippen molar-refractivity contribution in [1.82, 2.24) is 20.3 Å². The highest BCUT2D eigenvalue weighted by molar-refractivity contribution is 7.17. The molecular weight excluding hydrogens is 410 g/mol. The molecule has 2 heterocycles. The second-order valence-electron chi connectivity index (χ2n) is 7.79. The van der Waals surface area contributed by atoms with Gasteiger partial charge in [0.15, 0.2) is 5.69 Å². The lowest BCUT2D eigenvalue weighted by Gasteiger charge is -2.13. The lowest BCUT2D eigenvalue weighted by Crippen LogP contribution is -2.26. The van der Waals surface area contributed by atoms with Crippen molar-refractivity contribution in [2.24, 2.45) is 0 Å². The lowest BCUT2D eigenvalue weighted by atomic mass is 9.95. The minimum Gasteiger partial charge on any atom is -0.352 e. The summed E-state index contributed by atoms with van der Waals surface area (Å²) < 4.78 is 1.72. The molecule has 0 saturated heterocycles. The van der Waals surface area contributed by atoms with Gasteiger partial charge in [0, 0.05) is 11.4 Å². The number of aromatic nitrogens is 3. The summed E-state index contributed by atoms with van der Waals surface area (Å²) in [5, 5.41) is 14.8. The van der Waals surface area contributed by atoms with Crippen molar-refractivity contribution in [3.8, 4) is 0 Å². The van der Waals surface area contributed by atoms with E-state index >= 15 is 0 Å². The van der Waals surface area contributed by atoms with Crippen LogP contribution in [0, 0.1) is 6.92 Å². The summed E-state index contributed by atoms with van der Waals surface area (Å²) in [5.41, 5.74) is 3.77. The molecule has 8 heteroatoms. The van der Waals surface area contributed by atoms with Crippen LogP contribution in [0.2, 0.25) is 0 Å². The molecule has 0 saturated carbocycles. The summed E-state index contributed by atoms with van der Waals surface area (Å²) in [6.07, 6.45) is 4.88. The van der Waals surface area contributed by atoms with Crippen LogP contribution >= 0.6 is 11.3 Å². The van der Waals surface area contributed by atoms with Crippen LogP contribution in [0.4, 0.5) is 5.00 Å². The SMILES string of the molecule is CCCNC(=O)c1c(NC(=O)c2nnn(Cc3ccccc3)c2C)sc2c1CCCC2. The zero-order chi connectivity index (χ0) is 21.8. The van der Waals surface area contributed by atoms with Crippen molar-refractivity contribution >= 4 is 28.2 Å². The first-order valence-corrected chi connectivity index (χ1v) is 11.6. The minimum atomic E-state index is -0.333. The molecule has 0 fully saturated rings. The van der Waals surface area contributed by atoms with E-state index in [-0.39, 0.29) is 17.5 Å². The van der Waals surface area contributed by atoms with Gasteiger partial charge in [-0.05, 0) is 50.2 Å². The molecule has 0 bridgehead atoms. The van der Waals surface area contributed by atoms with Gasteiger partial charge in [0.25, 0.3) is 11.8 Å². The Morgan fingerprint density at radius 2 is 1.90 bits per heavy atom. The van der Waals surface area contributed by atoms with Crippen molar-refractivity contribution < 1.29 is 9.59 Å². The molecule has 31 heavy (non-hydrogen) atoms. The number of amides is 2. The molecule has 162 valence electrons. The Morgan fingerprint density at radius 3 is 2.68 bits per heavy atom. The third-order valence-electron chi connectivity index (χ3n) is 5.53. The summed E-state index contributed by atoms with van der Waals surface area (Å²) in [5.74, 6) is -0.444. The molecule has 2 N–H and O–H groups in total. The van der Waals surface area contributed by atoms with E-state index in [4.69, 9.17) is 0 Å². The number of carbonyl (C=O) groups is 2. The molecular formula is C23H27N5O2S. The van der Waals surface area contributed by atoms with Gasteiger partial charge in [0.1, 0.15) is 5.00 Å². The van der Waals surface area contributed by atoms with Crippen molar-refractivity contribution in [3.63, 3.8) is 0 Å². The number of fused-ring (bicyclic) bond motifs is 1. The van der Waals surface area contributed by atoms with E-state index < -0.39 is 0 Å². The predicted molar refractivity (Wildman–Crippen MR) is 122 cm³/mol. The second-order valence-corrected chi connectivity index (χ2v) is 8.90. The Labute approximate surface area is 185 Å². The van der Waals surface area contributed by atoms with E-state index in [1.807, 2.05) is 44.2 Å². The summed E-state index contributed by atoms with van der Waals surface area (Å²) >= 11 is 1.51. The van der Waals surface area contributed by atoms with E-state index in [2.05, 4.69) is 20.9 Å². The van der Waals surface area contributed by atoms with Gasteiger partial charge in [-0.25, -0.2) is 4.68 Å². The smallest absolute Gasteiger partial charge is 0.278 e. The number of carbonyl (C=O) groups excluding carboxylic acids is 2. The van der Waals surface area contributed by atoms with Crippen LogP contribution in [-0.2, 0) is 19.4 Å². The quantitative estimate of drug-likeness (QED) is 0.585. The van der Waals surface area contributed by atoms with Gasteiger partial charge in [-0.15, -0.1) is 16.4 Å². The molecule has 1 aliphatic rings. The number of aryl methyl sites for hydroxylation is 1. The molecule has 3 aromatic rings. The largest absolute Gasteiger partial charge is 0.352 e. The number of nitrogens with zero attached hydrogens (tertiary/aromatic N) is 3. The van der Waals surface area contributed by atoms with E-state index in [0.717, 1.165) is 43.2 Å². The maximum Gasteiger partial charge on any atom is 0.278 e. The number of benzene rings is 1. The summed E-state index contributed by atoms with van der Waals surface area (Å²) in [4.78, 5) is 27.1. The first kappa shape index (κ1) is 21.2. The van der Waals surface area contributed by atoms with Crippen LogP contribution in [-0.4, -0.2) is 33.4 Å². The summed E-state index contributed by atoms with van der Waals surface area (Å²) in [6, 6.07) is 9.93. The minimum absolute atomic E-state index is 0.110. The molecule has 0 radical (unpaired) electrons. The van der Waals surface area contributed by atoms with Gasteiger partial charge >= 0.3 is 0 Å². The summed E-state index contributed by atoms with van der Waals surface area (Å²) in [7, 11) is 0. The topological polar surface area (TPSA) is 88.9 Å². The first-order chi connectivity index (χ1) is 15.1. The van der Waals surface area contributed by atoms with Gasteiger partial charge in [0.2, 0.25) is 0 Å². The molecule has 0 unspecified atom stereocenters. The Kier molecular flexibility index (Phi) is 6.46. The number of thiophene rings is 1. The predicted octanol–water partition coefficient (Wildman–Crippen LogP) is 3.97. The van der Waals surface area contributed by atoms with E-state index in [1.54, 1.807) is 4.68 Å². The first-order valence-electron chi connectivity index (χ1n) is 10.8. The Hall–Kier alpha value is -3.00. The van der Waals surface area contributed by atoms with Gasteiger partial charge in [-0.2, -0.15) is 0 Å². The molecule has 2 amide bonds. The van der Waals surface area contributed by atoms with Crippen molar-refractivity contribution in [2.75, 3.05) is 11.9 Å². The number of hydrogen-bond acceptors (Lipinski definition) is 5. The number of rotatable bonds is 7. The maximum absolute atomic E-state index is 13.1. The molecule has 0 atom stereocenters. The maximum atomic E-state index is 13.1. The van der Waals surface area contributed by atoms with Crippen molar-refractivity contribution in [3.05, 3.63) is 63.3 Å². The molecule has 1 aromatic carbocycles. The lowest BCUT2D eigenvalue weighted by molar-refractivity contribution is 0.0954. The van der Waals surface area contributed by atoms with Gasteiger partial charge < -0.3 is 10.6 Å². The van der Waals surface area contributed by atoms with Gasteiger partial charge in [-0.3, -0.25) is 9.59 Å². The van der Waals surface area contributed by atoms with E-state index in [0.29, 0.717) is 29.3 Å². The monoisotopic (exact) mass is 437 g/mol. The van der Waals surface area contributed by atoms with Crippen molar-refractivity contribution in [2.45, 2.75) is 52.5 Å². The molecule has 0 spiro atoms. The fourth-order valence-electron chi connectivity index (χ4n) is 3.86. The summed E-state index contributed by atoms with van der Waals surface area (Å²) in [6.45, 7) is 5.02. The average molecular weight is 438 g/mol. The Morgan fingerprint density at radius 1 is 1.13 bits per heavy atom. The highest BCUT2D eigenvalue weighted by Crippen LogP contribution is 2.38. The van der Waals surface area contributed by atoms with Crippen LogP contribution in [0.25, 0.3) is 0 Å². The molecule has 7 nitrogen and oxygen atoms in total. The van der Waals surface area contributed by atoms with Crippen LogP contribution in [0.3, 0.4) is 0 Å². The average Bonchev–Trinajstić information content (AvgIpc) is 3.32. The normalized spacial score (nSPS) is 13.0. The third kappa shape index (κ3) is 4.54. The zero-order valence-corrected chi connectivity index (χ0v) is 18.7. The molecule has 1 aliphatic carbocycles. The van der Waals surface area contributed by atoms with Gasteiger partial charge in [0.05, 0.1) is 17.8 Å². The van der Waals surface area contributed by atoms with E-state index in [1.165, 1.54) is 16.2 Å². The standard InChI is InChI=1S/C23H27N5O2S/c1-3-13-24-21(29)19-17-11-7-8-12-18(17)31-23(19)25-22(30)20-15(2)28(27-26-20)14-16-9-5-4-6-10-16/h4-6,9-10H,3,7-8,11-14H2,1-2H3,(H,24,29)(H,25,30). The second kappa shape index (κ2) is 9.43. The Balaban J connectivity index is 1.57. The fraction of sp³-hybridized carbons (Fsp3) is 0.391. The fourth-order valence-corrected chi connectivity index (χ4v) is 5.14. The van der Waals surface area contributed by atoms with Crippen molar-refractivity contribution in [1.29, 1.82) is 0 Å². The van der Waals surface area contributed by atoms with Gasteiger partial charge in [-0.1, -0.05) is 42.5 Å². The Bertz CT molecular complexity index is 1090. The van der Waals surface area contributed by atoms with Crippen LogP contribution < -0.4 is 10.6 Å². The molecule has 4 rings (SSSR count). The highest BCUT2D eigenvalue weighted by atomic mass is 32.1. The van der Waals surface area contributed by atoms with Crippen LogP contribution in [0.1, 0.15) is 68.7 Å². The number of hydrogen-bond donors (Lipinski definition) is 2. The van der Waals surface area contributed by atoms with Crippen LogP contribution in [0.15, 0.2) is 30.3 Å². The molecule has 2 aromatic heterocycles. The zero-order valence-electron chi connectivity index (χ0n) is 17.9. The third-order valence-corrected chi connectivity index (χ3v) is 6.74. The number of nitrogens with one attached hydrogen (secondary N) is 2. The highest BCUT2D eigenvalue weighted by Gasteiger charge is 2.27.